The van der Waals surface area contributed by atoms with Gasteiger partial charge in [0, 0.05) is 4.47 Å². The molecule has 0 aliphatic heterocycles. The van der Waals surface area contributed by atoms with Crippen LogP contribution in [0.2, 0.25) is 0 Å². The molecule has 2 aromatic rings. The molecule has 1 saturated carbocycles. The van der Waals surface area contributed by atoms with E-state index in [1.165, 1.54) is 11.8 Å². The molecule has 0 saturated heterocycles. The van der Waals surface area contributed by atoms with Crippen molar-refractivity contribution in [1.29, 1.82) is 0 Å². The lowest BCUT2D eigenvalue weighted by molar-refractivity contribution is -0.119. The highest BCUT2D eigenvalue weighted by molar-refractivity contribution is 9.10. The van der Waals surface area contributed by atoms with E-state index in [0.29, 0.717) is 11.8 Å². The topological polar surface area (TPSA) is 72.7 Å². The molecule has 1 fully saturated rings. The first-order chi connectivity index (χ1) is 11.2. The minimum absolute atomic E-state index is 0.00452. The van der Waals surface area contributed by atoms with Gasteiger partial charge in [0.1, 0.15) is 0 Å². The Balaban J connectivity index is 1.55. The minimum Gasteiger partial charge on any atom is -0.349 e. The molecule has 23 heavy (non-hydrogen) atoms. The van der Waals surface area contributed by atoms with Crippen LogP contribution in [0.5, 0.6) is 0 Å². The number of rotatable bonds is 7. The standard InChI is InChI=1S/C15H18BrN5OS/c1-2-13(10-3-5-11(16)6-4-10)17-14(22)9-23-15-18-19-20-21(15)12-7-8-12/h3-6,12-13H,2,7-9H2,1H3,(H,17,22)/t13-/m0/s1. The maximum absolute atomic E-state index is 12.2. The maximum Gasteiger partial charge on any atom is 0.230 e. The van der Waals surface area contributed by atoms with Crippen LogP contribution in [0.4, 0.5) is 0 Å². The number of nitrogens with one attached hydrogen (secondary N) is 1. The van der Waals surface area contributed by atoms with Crippen LogP contribution in [0.3, 0.4) is 0 Å². The van der Waals surface area contributed by atoms with E-state index in [1.807, 2.05) is 28.9 Å². The Labute approximate surface area is 147 Å². The summed E-state index contributed by atoms with van der Waals surface area (Å²) in [7, 11) is 0. The van der Waals surface area contributed by atoms with Crippen molar-refractivity contribution in [2.75, 3.05) is 5.75 Å². The Bertz CT molecular complexity index is 671. The third kappa shape index (κ3) is 4.32. The fourth-order valence-electron chi connectivity index (χ4n) is 2.31. The molecule has 0 radical (unpaired) electrons. The van der Waals surface area contributed by atoms with E-state index >= 15 is 0 Å². The highest BCUT2D eigenvalue weighted by Crippen LogP contribution is 2.36. The predicted octanol–water partition coefficient (Wildman–Crippen LogP) is 3.13. The zero-order valence-corrected chi connectivity index (χ0v) is 15.2. The Morgan fingerprint density at radius 1 is 1.43 bits per heavy atom. The SMILES string of the molecule is CC[C@H](NC(=O)CSc1nnnn1C1CC1)c1ccc(Br)cc1. The van der Waals surface area contributed by atoms with Gasteiger partial charge in [0.2, 0.25) is 11.1 Å². The van der Waals surface area contributed by atoms with Crippen LogP contribution in [0.1, 0.15) is 43.8 Å². The summed E-state index contributed by atoms with van der Waals surface area (Å²) in [6.45, 7) is 2.06. The number of hydrogen-bond acceptors (Lipinski definition) is 5. The second-order valence-electron chi connectivity index (χ2n) is 5.51. The van der Waals surface area contributed by atoms with Gasteiger partial charge in [-0.05, 0) is 47.4 Å². The molecule has 0 spiro atoms. The molecule has 8 heteroatoms. The molecule has 1 aliphatic rings. The molecule has 122 valence electrons. The van der Waals surface area contributed by atoms with Gasteiger partial charge in [0.25, 0.3) is 0 Å². The van der Waals surface area contributed by atoms with Gasteiger partial charge in [-0.2, -0.15) is 0 Å². The number of amides is 1. The van der Waals surface area contributed by atoms with Gasteiger partial charge >= 0.3 is 0 Å². The molecular weight excluding hydrogens is 378 g/mol. The number of benzene rings is 1. The number of hydrogen-bond donors (Lipinski definition) is 1. The summed E-state index contributed by atoms with van der Waals surface area (Å²) in [4.78, 5) is 12.2. The zero-order valence-electron chi connectivity index (χ0n) is 12.8. The molecule has 6 nitrogen and oxygen atoms in total. The van der Waals surface area contributed by atoms with Gasteiger partial charge in [0.05, 0.1) is 17.8 Å². The summed E-state index contributed by atoms with van der Waals surface area (Å²) in [5.74, 6) is 0.315. The fraction of sp³-hybridized carbons (Fsp3) is 0.467. The van der Waals surface area contributed by atoms with Crippen LogP contribution in [-0.2, 0) is 4.79 Å². The number of carbonyl (C=O) groups excluding carboxylic acids is 1. The molecule has 1 aromatic heterocycles. The summed E-state index contributed by atoms with van der Waals surface area (Å²) in [5.41, 5.74) is 1.11. The average Bonchev–Trinajstić information content (AvgIpc) is 3.30. The van der Waals surface area contributed by atoms with Crippen LogP contribution >= 0.6 is 27.7 Å². The number of nitrogens with zero attached hydrogens (tertiary/aromatic N) is 4. The molecule has 1 N–H and O–H groups in total. The summed E-state index contributed by atoms with van der Waals surface area (Å²) in [5, 5.41) is 15.5. The van der Waals surface area contributed by atoms with Crippen LogP contribution in [-0.4, -0.2) is 31.9 Å². The van der Waals surface area contributed by atoms with Crippen molar-refractivity contribution < 1.29 is 4.79 Å². The summed E-state index contributed by atoms with van der Waals surface area (Å²) >= 11 is 4.81. The van der Waals surface area contributed by atoms with E-state index in [2.05, 4.69) is 43.7 Å². The molecule has 1 aromatic carbocycles. The van der Waals surface area contributed by atoms with Gasteiger partial charge in [-0.3, -0.25) is 4.79 Å². The number of tetrazole rings is 1. The Kier molecular flexibility index (Phi) is 5.32. The normalized spacial score (nSPS) is 15.4. The number of aromatic nitrogens is 4. The largest absolute Gasteiger partial charge is 0.349 e. The molecule has 1 amide bonds. The van der Waals surface area contributed by atoms with E-state index in [4.69, 9.17) is 0 Å². The molecule has 0 bridgehead atoms. The van der Waals surface area contributed by atoms with Crippen LogP contribution in [0, 0.1) is 0 Å². The third-order valence-electron chi connectivity index (χ3n) is 3.70. The van der Waals surface area contributed by atoms with Crippen molar-refractivity contribution in [2.45, 2.75) is 43.4 Å². The molecule has 0 unspecified atom stereocenters. The maximum atomic E-state index is 12.2. The second-order valence-corrected chi connectivity index (χ2v) is 7.36. The van der Waals surface area contributed by atoms with Crippen molar-refractivity contribution >= 4 is 33.6 Å². The van der Waals surface area contributed by atoms with Crippen molar-refractivity contribution in [1.82, 2.24) is 25.5 Å². The molecule has 1 atom stereocenters. The van der Waals surface area contributed by atoms with Crippen molar-refractivity contribution in [3.05, 3.63) is 34.3 Å². The zero-order chi connectivity index (χ0) is 16.2. The fourth-order valence-corrected chi connectivity index (χ4v) is 3.33. The Morgan fingerprint density at radius 3 is 2.83 bits per heavy atom. The Hall–Kier alpha value is -1.41. The van der Waals surface area contributed by atoms with Gasteiger partial charge in [-0.1, -0.05) is 46.7 Å². The van der Waals surface area contributed by atoms with Gasteiger partial charge in [0.15, 0.2) is 0 Å². The smallest absolute Gasteiger partial charge is 0.230 e. The van der Waals surface area contributed by atoms with Crippen LogP contribution < -0.4 is 5.32 Å². The Morgan fingerprint density at radius 2 is 2.17 bits per heavy atom. The monoisotopic (exact) mass is 395 g/mol. The average molecular weight is 396 g/mol. The van der Waals surface area contributed by atoms with Crippen molar-refractivity contribution in [2.24, 2.45) is 0 Å². The first-order valence-corrected chi connectivity index (χ1v) is 9.40. The highest BCUT2D eigenvalue weighted by Gasteiger charge is 2.28. The molecule has 1 aliphatic carbocycles. The molecule has 1 heterocycles. The first-order valence-electron chi connectivity index (χ1n) is 7.63. The first kappa shape index (κ1) is 16.4. The van der Waals surface area contributed by atoms with Crippen LogP contribution in [0.15, 0.2) is 33.9 Å². The van der Waals surface area contributed by atoms with E-state index in [9.17, 15) is 4.79 Å². The number of carbonyl (C=O) groups is 1. The second kappa shape index (κ2) is 7.44. The number of halogens is 1. The third-order valence-corrected chi connectivity index (χ3v) is 5.17. The quantitative estimate of drug-likeness (QED) is 0.728. The lowest BCUT2D eigenvalue weighted by Crippen LogP contribution is -2.29. The van der Waals surface area contributed by atoms with E-state index in [0.717, 1.165) is 34.5 Å². The van der Waals surface area contributed by atoms with E-state index in [-0.39, 0.29) is 11.9 Å². The van der Waals surface area contributed by atoms with Crippen molar-refractivity contribution in [3.63, 3.8) is 0 Å². The van der Waals surface area contributed by atoms with Gasteiger partial charge in [-0.25, -0.2) is 4.68 Å². The summed E-state index contributed by atoms with van der Waals surface area (Å²) in [6, 6.07) is 8.47. The molecular formula is C15H18BrN5OS. The van der Waals surface area contributed by atoms with Crippen LogP contribution in [0.25, 0.3) is 0 Å². The lowest BCUT2D eigenvalue weighted by Gasteiger charge is -2.17. The predicted molar refractivity (Wildman–Crippen MR) is 92.1 cm³/mol. The highest BCUT2D eigenvalue weighted by atomic mass is 79.9. The lowest BCUT2D eigenvalue weighted by atomic mass is 10.0. The van der Waals surface area contributed by atoms with Gasteiger partial charge in [-0.15, -0.1) is 5.10 Å². The number of thioether (sulfide) groups is 1. The van der Waals surface area contributed by atoms with Gasteiger partial charge < -0.3 is 5.32 Å². The van der Waals surface area contributed by atoms with Crippen molar-refractivity contribution in [3.8, 4) is 0 Å². The van der Waals surface area contributed by atoms with E-state index < -0.39 is 0 Å². The van der Waals surface area contributed by atoms with E-state index in [1.54, 1.807) is 0 Å². The molecule has 3 rings (SSSR count). The minimum atomic E-state index is -0.00452. The summed E-state index contributed by atoms with van der Waals surface area (Å²) < 4.78 is 2.86. The summed E-state index contributed by atoms with van der Waals surface area (Å²) in [6.07, 6.45) is 3.08.